The van der Waals surface area contributed by atoms with Gasteiger partial charge in [0.2, 0.25) is 0 Å². The second kappa shape index (κ2) is 8.60. The van der Waals surface area contributed by atoms with E-state index in [2.05, 4.69) is 69.3 Å². The van der Waals surface area contributed by atoms with Crippen molar-refractivity contribution in [2.75, 3.05) is 6.61 Å². The van der Waals surface area contributed by atoms with Crippen LogP contribution < -0.4 is 10.4 Å². The highest BCUT2D eigenvalue weighted by Gasteiger charge is 2.50. The second-order valence-corrected chi connectivity index (χ2v) is 12.7. The van der Waals surface area contributed by atoms with E-state index in [0.717, 1.165) is 0 Å². The third-order valence-corrected chi connectivity index (χ3v) is 10.5. The summed E-state index contributed by atoms with van der Waals surface area (Å²) < 4.78 is 12.0. The van der Waals surface area contributed by atoms with Gasteiger partial charge in [-0.2, -0.15) is 0 Å². The van der Waals surface area contributed by atoms with Crippen LogP contribution in [0.25, 0.3) is 0 Å². The third-order valence-electron chi connectivity index (χ3n) is 5.49. The summed E-state index contributed by atoms with van der Waals surface area (Å²) in [6, 6.07) is 20.9. The maximum atomic E-state index is 11.3. The van der Waals surface area contributed by atoms with Gasteiger partial charge in [-0.3, -0.25) is 4.79 Å². The van der Waals surface area contributed by atoms with Gasteiger partial charge in [-0.15, -0.1) is 0 Å². The molecule has 1 aliphatic rings. The number of carbonyl (C=O) groups is 1. The van der Waals surface area contributed by atoms with Crippen LogP contribution in [0.2, 0.25) is 5.04 Å². The SMILES string of the molecule is CC(C)(C)[Si](OCC[C@H](O)[C@@H]1CCC(=O)O1)(c1ccccc1)c1ccccc1. The second-order valence-electron chi connectivity index (χ2n) is 8.43. The molecule has 2 aromatic rings. The minimum absolute atomic E-state index is 0.0967. The Kier molecular flexibility index (Phi) is 6.38. The molecule has 1 heterocycles. The predicted octanol–water partition coefficient (Wildman–Crippen LogP) is 3.02. The van der Waals surface area contributed by atoms with Crippen molar-refractivity contribution in [2.45, 2.75) is 57.3 Å². The molecule has 0 bridgehead atoms. The molecule has 28 heavy (non-hydrogen) atoms. The molecule has 0 aliphatic carbocycles. The quantitative estimate of drug-likeness (QED) is 0.575. The smallest absolute Gasteiger partial charge is 0.306 e. The average Bonchev–Trinajstić information content (AvgIpc) is 3.12. The van der Waals surface area contributed by atoms with Gasteiger partial charge in [0, 0.05) is 13.0 Å². The fraction of sp³-hybridized carbons (Fsp3) is 0.435. The van der Waals surface area contributed by atoms with E-state index in [1.165, 1.54) is 10.4 Å². The first-order chi connectivity index (χ1) is 13.3. The summed E-state index contributed by atoms with van der Waals surface area (Å²) in [7, 11) is -2.59. The number of cyclic esters (lactones) is 1. The molecule has 5 heteroatoms. The fourth-order valence-corrected chi connectivity index (χ4v) is 8.68. The van der Waals surface area contributed by atoms with Crippen LogP contribution in [0.5, 0.6) is 0 Å². The van der Waals surface area contributed by atoms with E-state index in [-0.39, 0.29) is 11.0 Å². The van der Waals surface area contributed by atoms with E-state index in [0.29, 0.717) is 25.9 Å². The standard InChI is InChI=1S/C23H30O4Si/c1-23(2,3)28(18-10-6-4-7-11-18,19-12-8-5-9-13-19)26-17-16-20(24)21-14-15-22(25)27-21/h4-13,20-21,24H,14-17H2,1-3H3/t20-,21-/m0/s1. The van der Waals surface area contributed by atoms with Crippen LogP contribution in [0.1, 0.15) is 40.0 Å². The van der Waals surface area contributed by atoms with Gasteiger partial charge in [0.15, 0.2) is 0 Å². The van der Waals surface area contributed by atoms with Gasteiger partial charge in [-0.1, -0.05) is 81.4 Å². The van der Waals surface area contributed by atoms with Crippen LogP contribution in [0.3, 0.4) is 0 Å². The molecule has 1 saturated heterocycles. The number of hydrogen-bond acceptors (Lipinski definition) is 4. The van der Waals surface area contributed by atoms with E-state index < -0.39 is 20.5 Å². The van der Waals surface area contributed by atoms with Gasteiger partial charge in [-0.25, -0.2) is 0 Å². The van der Waals surface area contributed by atoms with Crippen LogP contribution in [0.4, 0.5) is 0 Å². The summed E-state index contributed by atoms with van der Waals surface area (Å²) in [6.07, 6.45) is 0.318. The highest BCUT2D eigenvalue weighted by atomic mass is 28.4. The Hall–Kier alpha value is -1.95. The predicted molar refractivity (Wildman–Crippen MR) is 113 cm³/mol. The van der Waals surface area contributed by atoms with E-state index >= 15 is 0 Å². The first kappa shape index (κ1) is 20.8. The summed E-state index contributed by atoms with van der Waals surface area (Å²) in [5.41, 5.74) is 0. The van der Waals surface area contributed by atoms with Gasteiger partial charge in [0.1, 0.15) is 6.10 Å². The van der Waals surface area contributed by atoms with E-state index in [9.17, 15) is 9.90 Å². The van der Waals surface area contributed by atoms with Gasteiger partial charge in [0.05, 0.1) is 6.10 Å². The summed E-state index contributed by atoms with van der Waals surface area (Å²) in [5, 5.41) is 12.8. The lowest BCUT2D eigenvalue weighted by Crippen LogP contribution is -2.66. The fourth-order valence-electron chi connectivity index (χ4n) is 4.10. The molecule has 150 valence electrons. The van der Waals surface area contributed by atoms with Crippen molar-refractivity contribution >= 4 is 24.7 Å². The zero-order chi connectivity index (χ0) is 20.2. The molecular weight excluding hydrogens is 368 g/mol. The Morgan fingerprint density at radius 2 is 1.61 bits per heavy atom. The molecular formula is C23H30O4Si. The molecule has 0 unspecified atom stereocenters. The molecule has 0 saturated carbocycles. The number of hydrogen-bond donors (Lipinski definition) is 1. The number of aliphatic hydroxyl groups excluding tert-OH is 1. The molecule has 4 nitrogen and oxygen atoms in total. The van der Waals surface area contributed by atoms with Crippen molar-refractivity contribution in [3.05, 3.63) is 60.7 Å². The molecule has 3 rings (SSSR count). The largest absolute Gasteiger partial charge is 0.460 e. The van der Waals surface area contributed by atoms with Crippen molar-refractivity contribution in [1.82, 2.24) is 0 Å². The molecule has 1 aliphatic heterocycles. The van der Waals surface area contributed by atoms with Crippen molar-refractivity contribution in [3.8, 4) is 0 Å². The lowest BCUT2D eigenvalue weighted by atomic mass is 10.1. The minimum atomic E-state index is -2.59. The summed E-state index contributed by atoms with van der Waals surface area (Å²) in [6.45, 7) is 7.11. The number of esters is 1. The monoisotopic (exact) mass is 398 g/mol. The molecule has 2 aromatic carbocycles. The van der Waals surface area contributed by atoms with Crippen molar-refractivity contribution in [3.63, 3.8) is 0 Å². The van der Waals surface area contributed by atoms with Gasteiger partial charge in [-0.05, 0) is 28.3 Å². The van der Waals surface area contributed by atoms with Crippen LogP contribution >= 0.6 is 0 Å². The Labute approximate surface area is 168 Å². The summed E-state index contributed by atoms with van der Waals surface area (Å²) >= 11 is 0. The number of ether oxygens (including phenoxy) is 1. The zero-order valence-electron chi connectivity index (χ0n) is 16.9. The first-order valence-corrected chi connectivity index (χ1v) is 11.9. The Bertz CT molecular complexity index is 731. The van der Waals surface area contributed by atoms with E-state index in [1.807, 2.05) is 12.1 Å². The Morgan fingerprint density at radius 3 is 2.04 bits per heavy atom. The number of aliphatic hydroxyl groups is 1. The Morgan fingerprint density at radius 1 is 1.07 bits per heavy atom. The van der Waals surface area contributed by atoms with Gasteiger partial charge < -0.3 is 14.3 Å². The summed E-state index contributed by atoms with van der Waals surface area (Å²) in [4.78, 5) is 11.3. The molecule has 2 atom stereocenters. The van der Waals surface area contributed by atoms with Crippen LogP contribution in [-0.2, 0) is 14.0 Å². The zero-order valence-corrected chi connectivity index (χ0v) is 17.9. The maximum Gasteiger partial charge on any atom is 0.306 e. The Balaban J connectivity index is 1.87. The van der Waals surface area contributed by atoms with Gasteiger partial charge >= 0.3 is 5.97 Å². The van der Waals surface area contributed by atoms with Crippen molar-refractivity contribution in [2.24, 2.45) is 0 Å². The molecule has 0 amide bonds. The normalized spacial score (nSPS) is 18.7. The van der Waals surface area contributed by atoms with E-state index in [1.54, 1.807) is 0 Å². The minimum Gasteiger partial charge on any atom is -0.460 e. The van der Waals surface area contributed by atoms with Crippen LogP contribution in [0, 0.1) is 0 Å². The third kappa shape index (κ3) is 4.22. The highest BCUT2D eigenvalue weighted by Crippen LogP contribution is 2.37. The summed E-state index contributed by atoms with van der Waals surface area (Å²) in [5.74, 6) is -0.225. The highest BCUT2D eigenvalue weighted by molar-refractivity contribution is 6.99. The van der Waals surface area contributed by atoms with Crippen molar-refractivity contribution < 1.29 is 19.1 Å². The first-order valence-electron chi connectivity index (χ1n) is 9.97. The van der Waals surface area contributed by atoms with E-state index in [4.69, 9.17) is 9.16 Å². The van der Waals surface area contributed by atoms with Crippen molar-refractivity contribution in [1.29, 1.82) is 0 Å². The number of benzene rings is 2. The molecule has 0 aromatic heterocycles. The average molecular weight is 399 g/mol. The van der Waals surface area contributed by atoms with Crippen LogP contribution in [-0.4, -0.2) is 38.2 Å². The lowest BCUT2D eigenvalue weighted by Gasteiger charge is -2.43. The molecule has 1 fully saturated rings. The topological polar surface area (TPSA) is 55.8 Å². The molecule has 0 radical (unpaired) electrons. The lowest BCUT2D eigenvalue weighted by molar-refractivity contribution is -0.145. The molecule has 0 spiro atoms. The maximum absolute atomic E-state index is 11.3. The van der Waals surface area contributed by atoms with Crippen LogP contribution in [0.15, 0.2) is 60.7 Å². The number of carbonyl (C=O) groups excluding carboxylic acids is 1. The van der Waals surface area contributed by atoms with Gasteiger partial charge in [0.25, 0.3) is 8.32 Å². The number of rotatable bonds is 7. The molecule has 1 N–H and O–H groups in total.